The molecule has 0 saturated heterocycles. The molecule has 1 aromatic rings. The largest absolute Gasteiger partial charge is 0.143 e. The monoisotopic (exact) mass is 364 g/mol. The van der Waals surface area contributed by atoms with E-state index < -0.39 is 0 Å². The van der Waals surface area contributed by atoms with Gasteiger partial charge in [0.25, 0.3) is 0 Å². The van der Waals surface area contributed by atoms with Gasteiger partial charge in [-0.1, -0.05) is 35.7 Å². The van der Waals surface area contributed by atoms with E-state index in [9.17, 15) is 0 Å². The van der Waals surface area contributed by atoms with Crippen molar-refractivity contribution >= 4 is 43.2 Å². The van der Waals surface area contributed by atoms with E-state index in [4.69, 9.17) is 0 Å². The highest BCUT2D eigenvalue weighted by molar-refractivity contribution is 9.10. The highest BCUT2D eigenvalue weighted by Gasteiger charge is 2.39. The summed E-state index contributed by atoms with van der Waals surface area (Å²) in [4.78, 5) is 3.43. The molecule has 1 saturated carbocycles. The fourth-order valence-electron chi connectivity index (χ4n) is 2.77. The second kappa shape index (κ2) is 5.11. The highest BCUT2D eigenvalue weighted by atomic mass is 79.9. The predicted molar refractivity (Wildman–Crippen MR) is 79.6 cm³/mol. The van der Waals surface area contributed by atoms with E-state index in [1.807, 2.05) is 11.3 Å². The number of aryl methyl sites for hydroxylation is 1. The summed E-state index contributed by atoms with van der Waals surface area (Å²) < 4.78 is 1.27. The van der Waals surface area contributed by atoms with Crippen molar-refractivity contribution in [2.24, 2.45) is 5.41 Å². The molecule has 3 heteroatoms. The van der Waals surface area contributed by atoms with E-state index in [0.717, 1.165) is 0 Å². The van der Waals surface area contributed by atoms with Crippen molar-refractivity contribution in [2.75, 3.05) is 0 Å². The van der Waals surface area contributed by atoms with E-state index >= 15 is 0 Å². The molecule has 1 aliphatic carbocycles. The first-order chi connectivity index (χ1) is 7.59. The van der Waals surface area contributed by atoms with Crippen molar-refractivity contribution in [3.63, 3.8) is 0 Å². The first-order valence-electron chi connectivity index (χ1n) is 5.99. The van der Waals surface area contributed by atoms with Gasteiger partial charge in [-0.2, -0.15) is 0 Å². The zero-order chi connectivity index (χ0) is 11.8. The molecule has 0 spiro atoms. The summed E-state index contributed by atoms with van der Waals surface area (Å²) in [6, 6.07) is 2.30. The lowest BCUT2D eigenvalue weighted by atomic mass is 9.79. The maximum atomic E-state index is 3.97. The van der Waals surface area contributed by atoms with Crippen LogP contribution in [-0.2, 0) is 0 Å². The summed E-state index contributed by atoms with van der Waals surface area (Å²) >= 11 is 9.52. The van der Waals surface area contributed by atoms with Gasteiger partial charge in [-0.3, -0.25) is 0 Å². The van der Waals surface area contributed by atoms with Crippen LogP contribution in [0.25, 0.3) is 0 Å². The summed E-state index contributed by atoms with van der Waals surface area (Å²) in [5, 5.41) is 0. The van der Waals surface area contributed by atoms with Gasteiger partial charge in [0, 0.05) is 14.2 Å². The minimum Gasteiger partial charge on any atom is -0.143 e. The molecule has 0 amide bonds. The van der Waals surface area contributed by atoms with Crippen LogP contribution in [0.2, 0.25) is 0 Å². The molecule has 1 fully saturated rings. The molecule has 0 nitrogen and oxygen atoms in total. The Morgan fingerprint density at radius 1 is 1.44 bits per heavy atom. The Balaban J connectivity index is 2.26. The lowest BCUT2D eigenvalue weighted by Crippen LogP contribution is -2.20. The average Bonchev–Trinajstić information content (AvgIpc) is 2.87. The standard InChI is InChI=1S/C13H18Br2S/c1-3-13(6-4-5-7-13)12(15)11-8-10(14)9(2)16-11/h8,12H,3-7H2,1-2H3. The molecule has 1 atom stereocenters. The fraction of sp³-hybridized carbons (Fsp3) is 0.692. The molecule has 1 aromatic heterocycles. The second-order valence-corrected chi connectivity index (χ2v) is 7.90. The molecule has 1 heterocycles. The van der Waals surface area contributed by atoms with Crippen LogP contribution in [0.5, 0.6) is 0 Å². The highest BCUT2D eigenvalue weighted by Crippen LogP contribution is 2.55. The Morgan fingerprint density at radius 3 is 2.50 bits per heavy atom. The zero-order valence-corrected chi connectivity index (χ0v) is 13.8. The van der Waals surface area contributed by atoms with Crippen LogP contribution in [0.4, 0.5) is 0 Å². The Labute approximate surface area is 119 Å². The number of thiophene rings is 1. The third-order valence-corrected chi connectivity index (χ3v) is 7.94. The van der Waals surface area contributed by atoms with Crippen LogP contribution < -0.4 is 0 Å². The molecular formula is C13H18Br2S. The Kier molecular flexibility index (Phi) is 4.19. The zero-order valence-electron chi connectivity index (χ0n) is 9.85. The van der Waals surface area contributed by atoms with Gasteiger partial charge in [-0.15, -0.1) is 11.3 Å². The summed E-state index contributed by atoms with van der Waals surface area (Å²) in [6.45, 7) is 4.53. The molecule has 0 radical (unpaired) electrons. The van der Waals surface area contributed by atoms with Crippen LogP contribution >= 0.6 is 43.2 Å². The topological polar surface area (TPSA) is 0 Å². The van der Waals surface area contributed by atoms with Crippen molar-refractivity contribution in [3.8, 4) is 0 Å². The van der Waals surface area contributed by atoms with E-state index in [1.54, 1.807) is 0 Å². The Bertz CT molecular complexity index is 345. The number of rotatable bonds is 3. The summed E-state index contributed by atoms with van der Waals surface area (Å²) in [5.74, 6) is 0. The van der Waals surface area contributed by atoms with Crippen molar-refractivity contribution < 1.29 is 0 Å². The van der Waals surface area contributed by atoms with E-state index in [-0.39, 0.29) is 0 Å². The van der Waals surface area contributed by atoms with Gasteiger partial charge in [0.2, 0.25) is 0 Å². The van der Waals surface area contributed by atoms with Crippen LogP contribution in [0.15, 0.2) is 10.5 Å². The number of alkyl halides is 1. The molecule has 2 rings (SSSR count). The second-order valence-electron chi connectivity index (χ2n) is 4.84. The van der Waals surface area contributed by atoms with E-state index in [1.165, 1.54) is 46.3 Å². The molecule has 16 heavy (non-hydrogen) atoms. The van der Waals surface area contributed by atoms with E-state index in [0.29, 0.717) is 10.2 Å². The quantitative estimate of drug-likeness (QED) is 0.557. The Morgan fingerprint density at radius 2 is 2.06 bits per heavy atom. The smallest absolute Gasteiger partial charge is 0.0545 e. The summed E-state index contributed by atoms with van der Waals surface area (Å²) in [5.41, 5.74) is 0.511. The van der Waals surface area contributed by atoms with Gasteiger partial charge in [0.05, 0.1) is 4.83 Å². The van der Waals surface area contributed by atoms with E-state index in [2.05, 4.69) is 51.8 Å². The Hall–Kier alpha value is 0.660. The molecule has 1 aliphatic rings. The molecule has 0 bridgehead atoms. The van der Waals surface area contributed by atoms with Gasteiger partial charge in [0.15, 0.2) is 0 Å². The van der Waals surface area contributed by atoms with Crippen molar-refractivity contribution in [3.05, 3.63) is 20.3 Å². The minimum atomic E-state index is 0.511. The lowest BCUT2D eigenvalue weighted by molar-refractivity contribution is 0.281. The molecule has 1 unspecified atom stereocenters. The van der Waals surface area contributed by atoms with Crippen molar-refractivity contribution in [1.82, 2.24) is 0 Å². The van der Waals surface area contributed by atoms with Gasteiger partial charge in [0.1, 0.15) is 0 Å². The van der Waals surface area contributed by atoms with Crippen LogP contribution in [-0.4, -0.2) is 0 Å². The minimum absolute atomic E-state index is 0.511. The first-order valence-corrected chi connectivity index (χ1v) is 8.51. The number of halogens is 2. The maximum absolute atomic E-state index is 3.97. The van der Waals surface area contributed by atoms with Gasteiger partial charge < -0.3 is 0 Å². The third-order valence-electron chi connectivity index (χ3n) is 3.97. The predicted octanol–water partition coefficient (Wildman–Crippen LogP) is 6.23. The van der Waals surface area contributed by atoms with Crippen LogP contribution in [0.3, 0.4) is 0 Å². The normalized spacial score (nSPS) is 21.2. The molecular weight excluding hydrogens is 348 g/mol. The summed E-state index contributed by atoms with van der Waals surface area (Å²) in [7, 11) is 0. The van der Waals surface area contributed by atoms with Gasteiger partial charge >= 0.3 is 0 Å². The molecule has 0 aromatic carbocycles. The average molecular weight is 366 g/mol. The van der Waals surface area contributed by atoms with Gasteiger partial charge in [-0.25, -0.2) is 0 Å². The van der Waals surface area contributed by atoms with Crippen molar-refractivity contribution in [1.29, 1.82) is 0 Å². The van der Waals surface area contributed by atoms with Crippen LogP contribution in [0.1, 0.15) is 53.6 Å². The third kappa shape index (κ3) is 2.28. The maximum Gasteiger partial charge on any atom is 0.0545 e. The lowest BCUT2D eigenvalue weighted by Gasteiger charge is -2.32. The first kappa shape index (κ1) is 13.1. The molecule has 90 valence electrons. The van der Waals surface area contributed by atoms with Crippen LogP contribution in [0, 0.1) is 12.3 Å². The fourth-order valence-corrected chi connectivity index (χ4v) is 5.65. The number of hydrogen-bond acceptors (Lipinski definition) is 1. The van der Waals surface area contributed by atoms with Gasteiger partial charge in [-0.05, 0) is 53.6 Å². The SMILES string of the molecule is CCC1(C(Br)c2cc(Br)c(C)s2)CCCC1. The van der Waals surface area contributed by atoms with Crippen molar-refractivity contribution in [2.45, 2.75) is 50.8 Å². The molecule has 0 N–H and O–H groups in total. The number of hydrogen-bond donors (Lipinski definition) is 0. The summed E-state index contributed by atoms with van der Waals surface area (Å²) in [6.07, 6.45) is 6.86. The molecule has 0 aliphatic heterocycles.